The SMILES string of the molecule is CCc1cc2c(=O)c(-c3nnc(-c4ccccc4)s3)c(CC)oc2cc1OC. The highest BCUT2D eigenvalue weighted by Crippen LogP contribution is 2.33. The minimum Gasteiger partial charge on any atom is -0.496 e. The molecule has 0 amide bonds. The van der Waals surface area contributed by atoms with Gasteiger partial charge in [-0.05, 0) is 18.1 Å². The van der Waals surface area contributed by atoms with Gasteiger partial charge in [0.1, 0.15) is 22.1 Å². The number of hydrogen-bond donors (Lipinski definition) is 0. The number of methoxy groups -OCH3 is 1. The van der Waals surface area contributed by atoms with Crippen LogP contribution >= 0.6 is 11.3 Å². The number of nitrogens with zero attached hydrogens (tertiary/aromatic N) is 2. The van der Waals surface area contributed by atoms with E-state index < -0.39 is 0 Å². The minimum atomic E-state index is -0.0776. The van der Waals surface area contributed by atoms with Gasteiger partial charge in [-0.15, -0.1) is 10.2 Å². The van der Waals surface area contributed by atoms with Crippen molar-refractivity contribution in [3.8, 4) is 26.9 Å². The zero-order valence-electron chi connectivity index (χ0n) is 16.0. The van der Waals surface area contributed by atoms with Crippen LogP contribution in [0.4, 0.5) is 0 Å². The second-order valence-electron chi connectivity index (χ2n) is 6.38. The first-order valence-corrected chi connectivity index (χ1v) is 10.0. The van der Waals surface area contributed by atoms with Crippen LogP contribution in [-0.2, 0) is 12.8 Å². The minimum absolute atomic E-state index is 0.0776. The first-order chi connectivity index (χ1) is 13.7. The molecule has 2 aromatic carbocycles. The molecule has 0 bridgehead atoms. The molecule has 4 rings (SSSR count). The highest BCUT2D eigenvalue weighted by atomic mass is 32.1. The monoisotopic (exact) mass is 392 g/mol. The van der Waals surface area contributed by atoms with Crippen molar-refractivity contribution in [2.45, 2.75) is 26.7 Å². The fourth-order valence-electron chi connectivity index (χ4n) is 3.27. The number of hydrogen-bond acceptors (Lipinski definition) is 6. The molecule has 4 aromatic rings. The third-order valence-electron chi connectivity index (χ3n) is 4.73. The molecule has 0 N–H and O–H groups in total. The van der Waals surface area contributed by atoms with Gasteiger partial charge in [0, 0.05) is 18.1 Å². The van der Waals surface area contributed by atoms with E-state index in [0.717, 1.165) is 28.3 Å². The quantitative estimate of drug-likeness (QED) is 0.472. The Kier molecular flexibility index (Phi) is 4.96. The molecule has 2 aromatic heterocycles. The van der Waals surface area contributed by atoms with Gasteiger partial charge in [0.25, 0.3) is 0 Å². The molecule has 0 aliphatic rings. The number of aromatic nitrogens is 2. The van der Waals surface area contributed by atoms with Crippen molar-refractivity contribution in [2.24, 2.45) is 0 Å². The molecule has 0 saturated carbocycles. The van der Waals surface area contributed by atoms with Crippen molar-refractivity contribution in [1.29, 1.82) is 0 Å². The van der Waals surface area contributed by atoms with E-state index in [2.05, 4.69) is 10.2 Å². The van der Waals surface area contributed by atoms with E-state index in [9.17, 15) is 4.79 Å². The van der Waals surface area contributed by atoms with Crippen LogP contribution < -0.4 is 10.2 Å². The Morgan fingerprint density at radius 3 is 2.46 bits per heavy atom. The predicted octanol–water partition coefficient (Wildman–Crippen LogP) is 5.11. The number of ether oxygens (including phenoxy) is 1. The van der Waals surface area contributed by atoms with Gasteiger partial charge in [-0.3, -0.25) is 4.79 Å². The van der Waals surface area contributed by atoms with Gasteiger partial charge in [0.15, 0.2) is 5.01 Å². The lowest BCUT2D eigenvalue weighted by Gasteiger charge is -2.10. The molecule has 6 heteroatoms. The fraction of sp³-hybridized carbons (Fsp3) is 0.227. The lowest BCUT2D eigenvalue weighted by molar-refractivity contribution is 0.409. The van der Waals surface area contributed by atoms with Crippen LogP contribution in [0.15, 0.2) is 51.7 Å². The maximum absolute atomic E-state index is 13.4. The summed E-state index contributed by atoms with van der Waals surface area (Å²) >= 11 is 1.40. The van der Waals surface area contributed by atoms with E-state index in [1.165, 1.54) is 11.3 Å². The van der Waals surface area contributed by atoms with Crippen LogP contribution in [0, 0.1) is 0 Å². The van der Waals surface area contributed by atoms with Crippen LogP contribution in [-0.4, -0.2) is 17.3 Å². The number of benzene rings is 2. The summed E-state index contributed by atoms with van der Waals surface area (Å²) in [5, 5.41) is 10.5. The zero-order valence-corrected chi connectivity index (χ0v) is 16.8. The summed E-state index contributed by atoms with van der Waals surface area (Å²) in [6.07, 6.45) is 1.35. The van der Waals surface area contributed by atoms with Gasteiger partial charge in [-0.1, -0.05) is 55.5 Å². The maximum atomic E-state index is 13.4. The molecule has 0 fully saturated rings. The second-order valence-corrected chi connectivity index (χ2v) is 7.35. The van der Waals surface area contributed by atoms with E-state index in [1.807, 2.05) is 50.2 Å². The third kappa shape index (κ3) is 3.10. The first kappa shape index (κ1) is 18.4. The van der Waals surface area contributed by atoms with Crippen molar-refractivity contribution >= 4 is 22.3 Å². The van der Waals surface area contributed by atoms with Gasteiger partial charge in [0.2, 0.25) is 5.43 Å². The smallest absolute Gasteiger partial charge is 0.203 e. The van der Waals surface area contributed by atoms with Gasteiger partial charge in [-0.2, -0.15) is 0 Å². The second kappa shape index (κ2) is 7.56. The molecule has 0 radical (unpaired) electrons. The van der Waals surface area contributed by atoms with Crippen molar-refractivity contribution in [3.05, 3.63) is 64.0 Å². The molecule has 5 nitrogen and oxygen atoms in total. The standard InChI is InChI=1S/C22H20N2O3S/c1-4-13-11-15-18(12-17(13)26-3)27-16(5-2)19(20(15)25)22-24-23-21(28-22)14-9-7-6-8-10-14/h6-12H,4-5H2,1-3H3. The zero-order chi connectivity index (χ0) is 19.7. The van der Waals surface area contributed by atoms with Crippen LogP contribution in [0.1, 0.15) is 25.2 Å². The summed E-state index contributed by atoms with van der Waals surface area (Å²) < 4.78 is 11.5. The highest BCUT2D eigenvalue weighted by molar-refractivity contribution is 7.17. The Balaban J connectivity index is 1.93. The Morgan fingerprint density at radius 2 is 1.79 bits per heavy atom. The predicted molar refractivity (Wildman–Crippen MR) is 112 cm³/mol. The summed E-state index contributed by atoms with van der Waals surface area (Å²) in [7, 11) is 1.62. The summed E-state index contributed by atoms with van der Waals surface area (Å²) in [5.74, 6) is 1.34. The normalized spacial score (nSPS) is 11.1. The summed E-state index contributed by atoms with van der Waals surface area (Å²) in [4.78, 5) is 13.4. The summed E-state index contributed by atoms with van der Waals surface area (Å²) in [6.45, 7) is 3.99. The lowest BCUT2D eigenvalue weighted by Crippen LogP contribution is -2.09. The van der Waals surface area contributed by atoms with Gasteiger partial charge in [-0.25, -0.2) is 0 Å². The average Bonchev–Trinajstić information content (AvgIpc) is 3.23. The summed E-state index contributed by atoms with van der Waals surface area (Å²) in [6, 6.07) is 13.5. The molecular formula is C22H20N2O3S. The molecule has 142 valence electrons. The molecule has 0 unspecified atom stereocenters. The van der Waals surface area contributed by atoms with E-state index >= 15 is 0 Å². The van der Waals surface area contributed by atoms with Gasteiger partial charge >= 0.3 is 0 Å². The third-order valence-corrected chi connectivity index (χ3v) is 5.72. The van der Waals surface area contributed by atoms with Crippen molar-refractivity contribution < 1.29 is 9.15 Å². The Labute approximate surface area is 166 Å². The molecule has 2 heterocycles. The Bertz CT molecular complexity index is 1200. The van der Waals surface area contributed by atoms with Crippen molar-refractivity contribution in [3.63, 3.8) is 0 Å². The number of fused-ring (bicyclic) bond motifs is 1. The van der Waals surface area contributed by atoms with Crippen LogP contribution in [0.2, 0.25) is 0 Å². The lowest BCUT2D eigenvalue weighted by atomic mass is 10.0. The Hall–Kier alpha value is -2.99. The van der Waals surface area contributed by atoms with Crippen LogP contribution in [0.5, 0.6) is 5.75 Å². The topological polar surface area (TPSA) is 65.2 Å². The number of aryl methyl sites for hydroxylation is 2. The van der Waals surface area contributed by atoms with Crippen molar-refractivity contribution in [2.75, 3.05) is 7.11 Å². The van der Waals surface area contributed by atoms with E-state index in [0.29, 0.717) is 33.7 Å². The van der Waals surface area contributed by atoms with E-state index in [4.69, 9.17) is 9.15 Å². The fourth-order valence-corrected chi connectivity index (χ4v) is 4.18. The molecule has 0 spiro atoms. The molecule has 0 aliphatic heterocycles. The first-order valence-electron chi connectivity index (χ1n) is 9.22. The highest BCUT2D eigenvalue weighted by Gasteiger charge is 2.20. The molecule has 0 atom stereocenters. The average molecular weight is 392 g/mol. The van der Waals surface area contributed by atoms with Gasteiger partial charge in [0.05, 0.1) is 18.1 Å². The van der Waals surface area contributed by atoms with Crippen LogP contribution in [0.3, 0.4) is 0 Å². The molecule has 0 aliphatic carbocycles. The Morgan fingerprint density at radius 1 is 1.04 bits per heavy atom. The molecule has 28 heavy (non-hydrogen) atoms. The molecule has 0 saturated heterocycles. The number of rotatable bonds is 5. The van der Waals surface area contributed by atoms with E-state index in [1.54, 1.807) is 13.2 Å². The molecular weight excluding hydrogens is 372 g/mol. The van der Waals surface area contributed by atoms with Gasteiger partial charge < -0.3 is 9.15 Å². The summed E-state index contributed by atoms with van der Waals surface area (Å²) in [5.41, 5.74) is 2.91. The van der Waals surface area contributed by atoms with Crippen LogP contribution in [0.25, 0.3) is 32.1 Å². The van der Waals surface area contributed by atoms with Crippen molar-refractivity contribution in [1.82, 2.24) is 10.2 Å². The largest absolute Gasteiger partial charge is 0.496 e. The maximum Gasteiger partial charge on any atom is 0.203 e. The van der Waals surface area contributed by atoms with E-state index in [-0.39, 0.29) is 5.43 Å².